The van der Waals surface area contributed by atoms with E-state index in [1.807, 2.05) is 0 Å². The number of nitrogens with one attached hydrogen (secondary N) is 1. The highest BCUT2D eigenvalue weighted by atomic mass is 14.9. The molecule has 0 radical (unpaired) electrons. The molecular formula is C16H35N. The summed E-state index contributed by atoms with van der Waals surface area (Å²) >= 11 is 0. The Kier molecular flexibility index (Phi) is 14.0. The Balaban J connectivity index is 3.30. The van der Waals surface area contributed by atoms with Gasteiger partial charge in [-0.05, 0) is 25.8 Å². The number of rotatable bonds is 13. The van der Waals surface area contributed by atoms with Crippen molar-refractivity contribution in [2.24, 2.45) is 0 Å². The maximum absolute atomic E-state index is 3.72. The lowest BCUT2D eigenvalue weighted by molar-refractivity contribution is 0.435. The van der Waals surface area contributed by atoms with E-state index in [2.05, 4.69) is 26.1 Å². The Morgan fingerprint density at radius 2 is 1.29 bits per heavy atom. The Labute approximate surface area is 110 Å². The fourth-order valence-corrected chi connectivity index (χ4v) is 2.30. The monoisotopic (exact) mass is 241 g/mol. The Morgan fingerprint density at radius 1 is 0.706 bits per heavy atom. The molecule has 0 aliphatic heterocycles. The molecule has 0 saturated carbocycles. The second-order valence-corrected chi connectivity index (χ2v) is 5.32. The third kappa shape index (κ3) is 12.2. The highest BCUT2D eigenvalue weighted by Crippen LogP contribution is 2.09. The van der Waals surface area contributed by atoms with E-state index in [9.17, 15) is 0 Å². The molecule has 1 heteroatoms. The summed E-state index contributed by atoms with van der Waals surface area (Å²) in [4.78, 5) is 0. The second-order valence-electron chi connectivity index (χ2n) is 5.32. The van der Waals surface area contributed by atoms with Gasteiger partial charge in [-0.1, -0.05) is 72.1 Å². The van der Waals surface area contributed by atoms with Gasteiger partial charge in [0.05, 0.1) is 0 Å². The maximum atomic E-state index is 3.72. The van der Waals surface area contributed by atoms with E-state index in [0.717, 1.165) is 6.04 Å². The first-order chi connectivity index (χ1) is 8.35. The zero-order valence-corrected chi connectivity index (χ0v) is 12.6. The van der Waals surface area contributed by atoms with Gasteiger partial charge in [-0.25, -0.2) is 0 Å². The van der Waals surface area contributed by atoms with E-state index in [1.165, 1.54) is 77.2 Å². The van der Waals surface area contributed by atoms with Crippen LogP contribution in [-0.2, 0) is 0 Å². The Bertz CT molecular complexity index is 119. The van der Waals surface area contributed by atoms with Crippen LogP contribution in [0.1, 0.15) is 91.4 Å². The van der Waals surface area contributed by atoms with Crippen LogP contribution in [0.2, 0.25) is 0 Å². The normalized spacial score (nSPS) is 12.9. The summed E-state index contributed by atoms with van der Waals surface area (Å²) in [6.07, 6.45) is 15.2. The molecule has 0 amide bonds. The molecule has 0 rings (SSSR count). The lowest BCUT2D eigenvalue weighted by atomic mass is 10.0. The van der Waals surface area contributed by atoms with Crippen molar-refractivity contribution in [3.63, 3.8) is 0 Å². The van der Waals surface area contributed by atoms with Crippen molar-refractivity contribution in [2.75, 3.05) is 6.54 Å². The summed E-state index contributed by atoms with van der Waals surface area (Å²) in [5.74, 6) is 0. The van der Waals surface area contributed by atoms with Crippen LogP contribution >= 0.6 is 0 Å². The lowest BCUT2D eigenvalue weighted by Crippen LogP contribution is -2.29. The fraction of sp³-hybridized carbons (Fsp3) is 1.00. The van der Waals surface area contributed by atoms with Crippen molar-refractivity contribution < 1.29 is 0 Å². The van der Waals surface area contributed by atoms with Crippen LogP contribution in [0.25, 0.3) is 0 Å². The van der Waals surface area contributed by atoms with Crippen molar-refractivity contribution in [2.45, 2.75) is 97.4 Å². The number of hydrogen-bond donors (Lipinski definition) is 1. The van der Waals surface area contributed by atoms with Crippen LogP contribution in [0.3, 0.4) is 0 Å². The highest BCUT2D eigenvalue weighted by Gasteiger charge is 2.04. The summed E-state index contributed by atoms with van der Waals surface area (Å²) in [6.45, 7) is 8.11. The summed E-state index contributed by atoms with van der Waals surface area (Å²) in [6, 6.07) is 0.776. The van der Waals surface area contributed by atoms with Gasteiger partial charge in [0.25, 0.3) is 0 Å². The Hall–Kier alpha value is -0.0400. The van der Waals surface area contributed by atoms with E-state index in [1.54, 1.807) is 0 Å². The molecular weight excluding hydrogens is 206 g/mol. The van der Waals surface area contributed by atoms with Crippen LogP contribution in [0.5, 0.6) is 0 Å². The molecule has 0 aliphatic rings. The average molecular weight is 241 g/mol. The quantitative estimate of drug-likeness (QED) is 0.432. The van der Waals surface area contributed by atoms with Crippen molar-refractivity contribution in [1.29, 1.82) is 0 Å². The van der Waals surface area contributed by atoms with Gasteiger partial charge in [-0.3, -0.25) is 0 Å². The topological polar surface area (TPSA) is 12.0 Å². The lowest BCUT2D eigenvalue weighted by Gasteiger charge is -2.16. The van der Waals surface area contributed by atoms with E-state index >= 15 is 0 Å². The molecule has 1 N–H and O–H groups in total. The zero-order chi connectivity index (χ0) is 12.8. The minimum Gasteiger partial charge on any atom is -0.314 e. The van der Waals surface area contributed by atoms with E-state index in [4.69, 9.17) is 0 Å². The molecule has 104 valence electrons. The third-order valence-electron chi connectivity index (χ3n) is 3.61. The number of unbranched alkanes of at least 4 members (excludes halogenated alkanes) is 7. The molecule has 0 aromatic rings. The van der Waals surface area contributed by atoms with Gasteiger partial charge in [0.15, 0.2) is 0 Å². The highest BCUT2D eigenvalue weighted by molar-refractivity contribution is 4.65. The van der Waals surface area contributed by atoms with Crippen LogP contribution in [0.15, 0.2) is 0 Å². The van der Waals surface area contributed by atoms with Crippen molar-refractivity contribution >= 4 is 0 Å². The molecule has 0 spiro atoms. The summed E-state index contributed by atoms with van der Waals surface area (Å²) in [5.41, 5.74) is 0. The van der Waals surface area contributed by atoms with Gasteiger partial charge in [-0.2, -0.15) is 0 Å². The van der Waals surface area contributed by atoms with Gasteiger partial charge < -0.3 is 5.32 Å². The largest absolute Gasteiger partial charge is 0.314 e. The van der Waals surface area contributed by atoms with E-state index in [0.29, 0.717) is 0 Å². The average Bonchev–Trinajstić information content (AvgIpc) is 2.36. The minimum absolute atomic E-state index is 0.776. The molecule has 0 saturated heterocycles. The standard InChI is InChI=1S/C16H35N/c1-4-7-9-11-12-14-16(6-3)17-15-13-10-8-5-2/h16-17H,4-15H2,1-3H3. The first-order valence-electron chi connectivity index (χ1n) is 8.08. The maximum Gasteiger partial charge on any atom is 0.00644 e. The van der Waals surface area contributed by atoms with Gasteiger partial charge in [0.1, 0.15) is 0 Å². The first-order valence-corrected chi connectivity index (χ1v) is 8.08. The van der Waals surface area contributed by atoms with Crippen molar-refractivity contribution in [3.05, 3.63) is 0 Å². The van der Waals surface area contributed by atoms with E-state index in [-0.39, 0.29) is 0 Å². The second kappa shape index (κ2) is 14.0. The van der Waals surface area contributed by atoms with Crippen LogP contribution < -0.4 is 5.32 Å². The molecule has 17 heavy (non-hydrogen) atoms. The SMILES string of the molecule is CCCCCCCC(CC)NCCCCCC. The van der Waals surface area contributed by atoms with Crippen molar-refractivity contribution in [1.82, 2.24) is 5.32 Å². The molecule has 1 atom stereocenters. The summed E-state index contributed by atoms with van der Waals surface area (Å²) in [5, 5.41) is 3.72. The predicted octanol–water partition coefficient (Wildman–Crippen LogP) is 5.30. The minimum atomic E-state index is 0.776. The smallest absolute Gasteiger partial charge is 0.00644 e. The van der Waals surface area contributed by atoms with Crippen LogP contribution in [-0.4, -0.2) is 12.6 Å². The molecule has 0 aromatic heterocycles. The van der Waals surface area contributed by atoms with E-state index < -0.39 is 0 Å². The van der Waals surface area contributed by atoms with Gasteiger partial charge in [0, 0.05) is 6.04 Å². The van der Waals surface area contributed by atoms with Crippen molar-refractivity contribution in [3.8, 4) is 0 Å². The molecule has 0 heterocycles. The summed E-state index contributed by atoms with van der Waals surface area (Å²) in [7, 11) is 0. The molecule has 0 fully saturated rings. The molecule has 0 aliphatic carbocycles. The van der Waals surface area contributed by atoms with Crippen LogP contribution in [0, 0.1) is 0 Å². The van der Waals surface area contributed by atoms with Gasteiger partial charge >= 0.3 is 0 Å². The Morgan fingerprint density at radius 3 is 1.88 bits per heavy atom. The molecule has 1 nitrogen and oxygen atoms in total. The summed E-state index contributed by atoms with van der Waals surface area (Å²) < 4.78 is 0. The van der Waals surface area contributed by atoms with Crippen LogP contribution in [0.4, 0.5) is 0 Å². The fourth-order valence-electron chi connectivity index (χ4n) is 2.30. The first kappa shape index (κ1) is 17.0. The van der Waals surface area contributed by atoms with Gasteiger partial charge in [0.2, 0.25) is 0 Å². The molecule has 0 aromatic carbocycles. The third-order valence-corrected chi connectivity index (χ3v) is 3.61. The molecule has 1 unspecified atom stereocenters. The van der Waals surface area contributed by atoms with Gasteiger partial charge in [-0.15, -0.1) is 0 Å². The predicted molar refractivity (Wildman–Crippen MR) is 79.6 cm³/mol. The molecule has 0 bridgehead atoms. The number of hydrogen-bond acceptors (Lipinski definition) is 1. The zero-order valence-electron chi connectivity index (χ0n) is 12.6.